The molecule has 2 aromatic carbocycles. The van der Waals surface area contributed by atoms with Gasteiger partial charge in [0.25, 0.3) is 0 Å². The highest BCUT2D eigenvalue weighted by atomic mass is 16.5. The van der Waals surface area contributed by atoms with E-state index in [0.717, 1.165) is 45.2 Å². The standard InChI is InChI=1S/C16H16N6O/c17-7-15-19-11-3-1-9(5-13(11)21-15)23-10-2-4-12-14(6-10)22-16(8-18)20-12/h1-6H,7-8,17-18H2,(H,19,21)(H,20,22). The first kappa shape index (κ1) is 13.7. The molecule has 0 aliphatic carbocycles. The normalized spacial score (nSPS) is 11.4. The molecule has 116 valence electrons. The van der Waals surface area contributed by atoms with Crippen LogP contribution in [0, 0.1) is 0 Å². The van der Waals surface area contributed by atoms with E-state index in [2.05, 4.69) is 19.9 Å². The van der Waals surface area contributed by atoms with Crippen LogP contribution in [0.15, 0.2) is 36.4 Å². The zero-order chi connectivity index (χ0) is 15.8. The number of rotatable bonds is 4. The number of imidazole rings is 2. The predicted molar refractivity (Wildman–Crippen MR) is 88.0 cm³/mol. The summed E-state index contributed by atoms with van der Waals surface area (Å²) >= 11 is 0. The molecule has 2 heterocycles. The lowest BCUT2D eigenvalue weighted by Gasteiger charge is -2.05. The minimum atomic E-state index is 0.380. The average molecular weight is 308 g/mol. The fourth-order valence-corrected chi connectivity index (χ4v) is 2.54. The van der Waals surface area contributed by atoms with Crippen LogP contribution in [0.3, 0.4) is 0 Å². The third-order valence-electron chi connectivity index (χ3n) is 3.63. The Labute approximate surface area is 131 Å². The number of aromatic nitrogens is 4. The smallest absolute Gasteiger partial charge is 0.129 e. The molecule has 0 unspecified atom stereocenters. The molecule has 0 saturated carbocycles. The van der Waals surface area contributed by atoms with Crippen LogP contribution in [0.25, 0.3) is 22.1 Å². The molecule has 23 heavy (non-hydrogen) atoms. The van der Waals surface area contributed by atoms with E-state index in [1.54, 1.807) is 0 Å². The van der Waals surface area contributed by atoms with E-state index < -0.39 is 0 Å². The summed E-state index contributed by atoms with van der Waals surface area (Å²) in [6.45, 7) is 0.760. The summed E-state index contributed by atoms with van der Waals surface area (Å²) in [5.41, 5.74) is 14.7. The van der Waals surface area contributed by atoms with Gasteiger partial charge in [0.1, 0.15) is 23.1 Å². The summed E-state index contributed by atoms with van der Waals surface area (Å²) in [4.78, 5) is 15.1. The van der Waals surface area contributed by atoms with Crippen molar-refractivity contribution in [2.24, 2.45) is 11.5 Å². The number of nitrogens with two attached hydrogens (primary N) is 2. The van der Waals surface area contributed by atoms with Crippen LogP contribution in [0.4, 0.5) is 0 Å². The first-order valence-corrected chi connectivity index (χ1v) is 7.30. The fourth-order valence-electron chi connectivity index (χ4n) is 2.54. The molecular formula is C16H16N6O. The number of ether oxygens (including phenoxy) is 1. The molecule has 7 nitrogen and oxygen atoms in total. The van der Waals surface area contributed by atoms with Gasteiger partial charge >= 0.3 is 0 Å². The Morgan fingerprint density at radius 3 is 1.70 bits per heavy atom. The van der Waals surface area contributed by atoms with Gasteiger partial charge < -0.3 is 26.2 Å². The Hall–Kier alpha value is -2.90. The largest absolute Gasteiger partial charge is 0.457 e. The fraction of sp³-hybridized carbons (Fsp3) is 0.125. The van der Waals surface area contributed by atoms with Gasteiger partial charge in [0.2, 0.25) is 0 Å². The van der Waals surface area contributed by atoms with E-state index >= 15 is 0 Å². The van der Waals surface area contributed by atoms with Crippen molar-refractivity contribution in [2.75, 3.05) is 0 Å². The summed E-state index contributed by atoms with van der Waals surface area (Å²) in [5.74, 6) is 2.96. The minimum absolute atomic E-state index is 0.380. The monoisotopic (exact) mass is 308 g/mol. The maximum atomic E-state index is 5.92. The summed E-state index contributed by atoms with van der Waals surface area (Å²) in [6.07, 6.45) is 0. The summed E-state index contributed by atoms with van der Waals surface area (Å²) in [5, 5.41) is 0. The molecule has 0 amide bonds. The molecule has 0 atom stereocenters. The number of hydrogen-bond donors (Lipinski definition) is 4. The van der Waals surface area contributed by atoms with Crippen LogP contribution in [0.2, 0.25) is 0 Å². The lowest BCUT2D eigenvalue weighted by Crippen LogP contribution is -1.97. The number of aromatic amines is 2. The maximum Gasteiger partial charge on any atom is 0.129 e. The van der Waals surface area contributed by atoms with E-state index in [9.17, 15) is 0 Å². The second-order valence-electron chi connectivity index (χ2n) is 5.24. The molecule has 7 heteroatoms. The minimum Gasteiger partial charge on any atom is -0.457 e. The number of H-pyrrole nitrogens is 2. The topological polar surface area (TPSA) is 119 Å². The van der Waals surface area contributed by atoms with Crippen molar-refractivity contribution in [1.82, 2.24) is 19.9 Å². The van der Waals surface area contributed by atoms with Crippen molar-refractivity contribution in [3.63, 3.8) is 0 Å². The zero-order valence-corrected chi connectivity index (χ0v) is 12.3. The molecule has 6 N–H and O–H groups in total. The average Bonchev–Trinajstić information content (AvgIpc) is 3.16. The quantitative estimate of drug-likeness (QED) is 0.460. The van der Waals surface area contributed by atoms with Gasteiger partial charge in [-0.2, -0.15) is 0 Å². The van der Waals surface area contributed by atoms with Gasteiger partial charge in [0.15, 0.2) is 0 Å². The highest BCUT2D eigenvalue weighted by Crippen LogP contribution is 2.27. The zero-order valence-electron chi connectivity index (χ0n) is 12.3. The number of hydrogen-bond acceptors (Lipinski definition) is 5. The summed E-state index contributed by atoms with van der Waals surface area (Å²) < 4.78 is 5.92. The number of fused-ring (bicyclic) bond motifs is 2. The molecule has 0 bridgehead atoms. The molecule has 0 radical (unpaired) electrons. The van der Waals surface area contributed by atoms with Gasteiger partial charge in [-0.15, -0.1) is 0 Å². The van der Waals surface area contributed by atoms with Gasteiger partial charge in [-0.25, -0.2) is 9.97 Å². The van der Waals surface area contributed by atoms with Gasteiger partial charge in [-0.1, -0.05) is 0 Å². The van der Waals surface area contributed by atoms with E-state index in [1.165, 1.54) is 0 Å². The highest BCUT2D eigenvalue weighted by molar-refractivity contribution is 5.78. The van der Waals surface area contributed by atoms with Crippen molar-refractivity contribution in [1.29, 1.82) is 0 Å². The Morgan fingerprint density at radius 2 is 1.26 bits per heavy atom. The Balaban J connectivity index is 1.66. The van der Waals surface area contributed by atoms with Crippen molar-refractivity contribution in [3.05, 3.63) is 48.0 Å². The van der Waals surface area contributed by atoms with E-state index in [1.807, 2.05) is 36.4 Å². The highest BCUT2D eigenvalue weighted by Gasteiger charge is 2.06. The lowest BCUT2D eigenvalue weighted by molar-refractivity contribution is 0.484. The molecule has 2 aromatic heterocycles. The number of benzene rings is 2. The maximum absolute atomic E-state index is 5.92. The first-order chi connectivity index (χ1) is 11.2. The first-order valence-electron chi connectivity index (χ1n) is 7.30. The van der Waals surface area contributed by atoms with E-state index in [4.69, 9.17) is 16.2 Å². The Kier molecular flexibility index (Phi) is 3.22. The van der Waals surface area contributed by atoms with E-state index in [-0.39, 0.29) is 0 Å². The molecule has 4 aromatic rings. The van der Waals surface area contributed by atoms with Crippen molar-refractivity contribution in [3.8, 4) is 11.5 Å². The third kappa shape index (κ3) is 2.52. The number of nitrogens with one attached hydrogen (secondary N) is 2. The molecular weight excluding hydrogens is 292 g/mol. The van der Waals surface area contributed by atoms with Crippen LogP contribution in [0.1, 0.15) is 11.6 Å². The molecule has 0 aliphatic heterocycles. The predicted octanol–water partition coefficient (Wildman–Crippen LogP) is 2.15. The van der Waals surface area contributed by atoms with Crippen LogP contribution in [0.5, 0.6) is 11.5 Å². The summed E-state index contributed by atoms with van der Waals surface area (Å²) in [6, 6.07) is 11.4. The second kappa shape index (κ2) is 5.38. The van der Waals surface area contributed by atoms with Gasteiger partial charge in [-0.3, -0.25) is 0 Å². The van der Waals surface area contributed by atoms with Crippen molar-refractivity contribution >= 4 is 22.1 Å². The van der Waals surface area contributed by atoms with Gasteiger partial charge in [0.05, 0.1) is 35.2 Å². The molecule has 4 rings (SSSR count). The van der Waals surface area contributed by atoms with Crippen LogP contribution >= 0.6 is 0 Å². The Bertz CT molecular complexity index is 907. The van der Waals surface area contributed by atoms with Crippen LogP contribution < -0.4 is 16.2 Å². The molecule has 0 aliphatic rings. The molecule has 0 saturated heterocycles. The van der Waals surface area contributed by atoms with E-state index in [0.29, 0.717) is 13.1 Å². The second-order valence-corrected chi connectivity index (χ2v) is 5.24. The molecule has 0 spiro atoms. The summed E-state index contributed by atoms with van der Waals surface area (Å²) in [7, 11) is 0. The number of nitrogens with zero attached hydrogens (tertiary/aromatic N) is 2. The molecule has 0 fully saturated rings. The lowest BCUT2D eigenvalue weighted by atomic mass is 10.3. The van der Waals surface area contributed by atoms with Crippen LogP contribution in [-0.2, 0) is 13.1 Å². The third-order valence-corrected chi connectivity index (χ3v) is 3.63. The van der Waals surface area contributed by atoms with Gasteiger partial charge in [0, 0.05) is 12.1 Å². The van der Waals surface area contributed by atoms with Crippen molar-refractivity contribution in [2.45, 2.75) is 13.1 Å². The Morgan fingerprint density at radius 1 is 0.783 bits per heavy atom. The van der Waals surface area contributed by atoms with Gasteiger partial charge in [-0.05, 0) is 24.3 Å². The SMILES string of the molecule is NCc1nc2ccc(Oc3ccc4nc(CN)[nH]c4c3)cc2[nH]1. The van der Waals surface area contributed by atoms with Crippen molar-refractivity contribution < 1.29 is 4.74 Å². The van der Waals surface area contributed by atoms with Crippen LogP contribution in [-0.4, -0.2) is 19.9 Å².